The number of anilines is 1. The molecule has 0 aromatic heterocycles. The maximum Gasteiger partial charge on any atom is 0.0745 e. The molecule has 1 aliphatic rings. The largest absolute Gasteiger partial charge is 0.393 e. The van der Waals surface area contributed by atoms with E-state index in [1.807, 2.05) is 0 Å². The van der Waals surface area contributed by atoms with Gasteiger partial charge >= 0.3 is 0 Å². The van der Waals surface area contributed by atoms with Crippen molar-refractivity contribution in [3.8, 4) is 0 Å². The van der Waals surface area contributed by atoms with Crippen molar-refractivity contribution in [2.75, 3.05) is 11.4 Å². The van der Waals surface area contributed by atoms with E-state index in [0.29, 0.717) is 11.0 Å². The molecule has 0 aliphatic heterocycles. The van der Waals surface area contributed by atoms with Crippen LogP contribution in [0.2, 0.25) is 0 Å². The first kappa shape index (κ1) is 14.3. The highest BCUT2D eigenvalue weighted by Gasteiger charge is 2.24. The summed E-state index contributed by atoms with van der Waals surface area (Å²) in [7, 11) is 0. The third-order valence-corrected chi connectivity index (χ3v) is 4.24. The average molecular weight is 276 g/mol. The van der Waals surface area contributed by atoms with Crippen molar-refractivity contribution in [3.63, 3.8) is 0 Å². The summed E-state index contributed by atoms with van der Waals surface area (Å²) < 4.78 is 0. The molecule has 2 unspecified atom stereocenters. The molecule has 19 heavy (non-hydrogen) atoms. The lowest BCUT2D eigenvalue weighted by atomic mass is 9.86. The van der Waals surface area contributed by atoms with Gasteiger partial charge in [0, 0.05) is 24.7 Å². The van der Waals surface area contributed by atoms with Gasteiger partial charge in [-0.25, -0.2) is 0 Å². The summed E-state index contributed by atoms with van der Waals surface area (Å²) in [4.78, 5) is 3.12. The van der Waals surface area contributed by atoms with Crippen molar-refractivity contribution in [3.05, 3.63) is 30.3 Å². The zero-order chi connectivity index (χ0) is 13.7. The van der Waals surface area contributed by atoms with E-state index in [4.69, 9.17) is 18.0 Å². The smallest absolute Gasteiger partial charge is 0.0745 e. The molecule has 1 saturated carbocycles. The van der Waals surface area contributed by atoms with Crippen LogP contribution in [0.25, 0.3) is 0 Å². The highest BCUT2D eigenvalue weighted by atomic mass is 32.1. The van der Waals surface area contributed by atoms with Crippen LogP contribution < -0.4 is 10.6 Å². The van der Waals surface area contributed by atoms with Crippen molar-refractivity contribution in [2.24, 2.45) is 11.7 Å². The van der Waals surface area contributed by atoms with Gasteiger partial charge in [0.25, 0.3) is 0 Å². The van der Waals surface area contributed by atoms with Gasteiger partial charge in [0.2, 0.25) is 0 Å². The fourth-order valence-corrected chi connectivity index (χ4v) is 3.15. The highest BCUT2D eigenvalue weighted by Crippen LogP contribution is 2.30. The molecule has 104 valence electrons. The number of rotatable bonds is 5. The Morgan fingerprint density at radius 2 is 2.05 bits per heavy atom. The Labute approximate surface area is 122 Å². The van der Waals surface area contributed by atoms with E-state index in [2.05, 4.69) is 42.2 Å². The normalized spacial score (nSPS) is 23.0. The van der Waals surface area contributed by atoms with E-state index in [-0.39, 0.29) is 0 Å². The summed E-state index contributed by atoms with van der Waals surface area (Å²) in [6.07, 6.45) is 6.08. The van der Waals surface area contributed by atoms with Gasteiger partial charge in [-0.2, -0.15) is 0 Å². The lowest BCUT2D eigenvalue weighted by Crippen LogP contribution is -2.40. The van der Waals surface area contributed by atoms with E-state index in [1.165, 1.54) is 31.4 Å². The van der Waals surface area contributed by atoms with Crippen LogP contribution >= 0.6 is 12.2 Å². The summed E-state index contributed by atoms with van der Waals surface area (Å²) in [5, 5.41) is 0. The first-order chi connectivity index (χ1) is 9.16. The topological polar surface area (TPSA) is 29.3 Å². The molecule has 1 aromatic carbocycles. The quantitative estimate of drug-likeness (QED) is 0.831. The van der Waals surface area contributed by atoms with Gasteiger partial charge in [-0.05, 0) is 30.9 Å². The second-order valence-electron chi connectivity index (χ2n) is 5.67. The number of nitrogens with zero attached hydrogens (tertiary/aromatic N) is 1. The fourth-order valence-electron chi connectivity index (χ4n) is 3.06. The molecule has 0 saturated heterocycles. The van der Waals surface area contributed by atoms with Crippen LogP contribution in [0.1, 0.15) is 39.0 Å². The van der Waals surface area contributed by atoms with Crippen molar-refractivity contribution in [2.45, 2.75) is 45.1 Å². The van der Waals surface area contributed by atoms with Crippen LogP contribution in [-0.2, 0) is 0 Å². The number of para-hydroxylation sites is 1. The van der Waals surface area contributed by atoms with Crippen LogP contribution in [0.5, 0.6) is 0 Å². The average Bonchev–Trinajstić information content (AvgIpc) is 2.40. The third kappa shape index (κ3) is 4.20. The fraction of sp³-hybridized carbons (Fsp3) is 0.562. The minimum Gasteiger partial charge on any atom is -0.393 e. The zero-order valence-corrected chi connectivity index (χ0v) is 12.5. The number of benzene rings is 1. The SMILES string of the molecule is CC1CCCC(N(CCC(N)=S)c2ccccc2)C1. The van der Waals surface area contributed by atoms with Crippen molar-refractivity contribution in [1.29, 1.82) is 0 Å². The molecule has 1 aliphatic carbocycles. The van der Waals surface area contributed by atoms with Crippen molar-refractivity contribution >= 4 is 22.9 Å². The molecule has 3 heteroatoms. The molecule has 2 rings (SSSR count). The van der Waals surface area contributed by atoms with E-state index in [0.717, 1.165) is 18.9 Å². The molecule has 0 bridgehead atoms. The second kappa shape index (κ2) is 6.90. The van der Waals surface area contributed by atoms with Gasteiger partial charge in [-0.1, -0.05) is 50.2 Å². The van der Waals surface area contributed by atoms with Crippen LogP contribution in [0.15, 0.2) is 30.3 Å². The van der Waals surface area contributed by atoms with Gasteiger partial charge in [0.05, 0.1) is 4.99 Å². The molecule has 1 aromatic rings. The molecule has 0 amide bonds. The van der Waals surface area contributed by atoms with Crippen molar-refractivity contribution < 1.29 is 0 Å². The molecule has 0 radical (unpaired) electrons. The molecule has 2 N–H and O–H groups in total. The predicted octanol–water partition coefficient (Wildman–Crippen LogP) is 3.75. The van der Waals surface area contributed by atoms with E-state index < -0.39 is 0 Å². The number of thiocarbonyl (C=S) groups is 1. The molecule has 2 nitrogen and oxygen atoms in total. The van der Waals surface area contributed by atoms with Gasteiger partial charge in [-0.3, -0.25) is 0 Å². The number of hydrogen-bond donors (Lipinski definition) is 1. The zero-order valence-electron chi connectivity index (χ0n) is 11.7. The Balaban J connectivity index is 2.11. The van der Waals surface area contributed by atoms with Gasteiger partial charge < -0.3 is 10.6 Å². The Bertz CT molecular complexity index is 404. The van der Waals surface area contributed by atoms with E-state index >= 15 is 0 Å². The Hall–Kier alpha value is -1.09. The summed E-state index contributed by atoms with van der Waals surface area (Å²) in [5.74, 6) is 0.829. The maximum atomic E-state index is 5.68. The lowest BCUT2D eigenvalue weighted by Gasteiger charge is -2.38. The third-order valence-electron chi connectivity index (χ3n) is 4.04. The molecule has 0 heterocycles. The summed E-state index contributed by atoms with van der Waals surface area (Å²) >= 11 is 5.04. The Morgan fingerprint density at radius 1 is 1.32 bits per heavy atom. The second-order valence-corrected chi connectivity index (χ2v) is 6.20. The van der Waals surface area contributed by atoms with Crippen molar-refractivity contribution in [1.82, 2.24) is 0 Å². The van der Waals surface area contributed by atoms with Gasteiger partial charge in [-0.15, -0.1) is 0 Å². The van der Waals surface area contributed by atoms with E-state index in [1.54, 1.807) is 0 Å². The Kier molecular flexibility index (Phi) is 5.20. The van der Waals surface area contributed by atoms with Crippen LogP contribution in [0.3, 0.4) is 0 Å². The first-order valence-electron chi connectivity index (χ1n) is 7.27. The minimum atomic E-state index is 0.616. The summed E-state index contributed by atoms with van der Waals surface area (Å²) in [6, 6.07) is 11.3. The minimum absolute atomic E-state index is 0.616. The Morgan fingerprint density at radius 3 is 2.68 bits per heavy atom. The lowest BCUT2D eigenvalue weighted by molar-refractivity contribution is 0.330. The number of nitrogens with two attached hydrogens (primary N) is 1. The van der Waals surface area contributed by atoms with E-state index in [9.17, 15) is 0 Å². The van der Waals surface area contributed by atoms with Crippen LogP contribution in [0, 0.1) is 5.92 Å². The van der Waals surface area contributed by atoms with Crippen LogP contribution in [0.4, 0.5) is 5.69 Å². The molecule has 1 fully saturated rings. The van der Waals surface area contributed by atoms with Gasteiger partial charge in [0.1, 0.15) is 0 Å². The van der Waals surface area contributed by atoms with Gasteiger partial charge in [0.15, 0.2) is 0 Å². The predicted molar refractivity (Wildman–Crippen MR) is 86.6 cm³/mol. The molecule has 0 spiro atoms. The highest BCUT2D eigenvalue weighted by molar-refractivity contribution is 7.80. The molecular formula is C16H24N2S. The summed E-state index contributed by atoms with van der Waals surface area (Å²) in [6.45, 7) is 3.31. The molecular weight excluding hydrogens is 252 g/mol. The summed E-state index contributed by atoms with van der Waals surface area (Å²) in [5.41, 5.74) is 6.98. The molecule has 2 atom stereocenters. The maximum absolute atomic E-state index is 5.68. The number of hydrogen-bond acceptors (Lipinski definition) is 2. The standard InChI is InChI=1S/C16H24N2S/c1-13-6-5-9-15(12-13)18(11-10-16(17)19)14-7-3-2-4-8-14/h2-4,7-8,13,15H,5-6,9-12H2,1H3,(H2,17,19). The monoisotopic (exact) mass is 276 g/mol. The first-order valence-corrected chi connectivity index (χ1v) is 7.67. The van der Waals surface area contributed by atoms with Crippen LogP contribution in [-0.4, -0.2) is 17.6 Å².